The van der Waals surface area contributed by atoms with Gasteiger partial charge in [0.25, 0.3) is 5.91 Å². The smallest absolute Gasteiger partial charge is 0.260 e. The van der Waals surface area contributed by atoms with Crippen molar-refractivity contribution >= 4 is 17.4 Å². The Bertz CT molecular complexity index is 927. The molecule has 4 heteroatoms. The van der Waals surface area contributed by atoms with E-state index in [4.69, 9.17) is 0 Å². The summed E-state index contributed by atoms with van der Waals surface area (Å²) in [7, 11) is 0. The SMILES string of the molecule is CC1=C(C(=O)NC(=O)CCc2ccccc2)c2ccccc2CN1C1CCCC1. The van der Waals surface area contributed by atoms with Crippen molar-refractivity contribution in [2.75, 3.05) is 0 Å². The molecule has 2 aromatic rings. The van der Waals surface area contributed by atoms with E-state index in [0.29, 0.717) is 24.5 Å². The number of aryl methyl sites for hydroxylation is 1. The third-order valence-corrected chi connectivity index (χ3v) is 6.15. The van der Waals surface area contributed by atoms with Gasteiger partial charge in [-0.2, -0.15) is 0 Å². The molecule has 1 saturated carbocycles. The highest BCUT2D eigenvalue weighted by atomic mass is 16.2. The van der Waals surface area contributed by atoms with Gasteiger partial charge in [-0.25, -0.2) is 0 Å². The van der Waals surface area contributed by atoms with Crippen LogP contribution in [0.1, 0.15) is 55.7 Å². The van der Waals surface area contributed by atoms with E-state index in [9.17, 15) is 9.59 Å². The molecule has 0 saturated heterocycles. The van der Waals surface area contributed by atoms with Crippen LogP contribution in [0.3, 0.4) is 0 Å². The first kappa shape index (κ1) is 19.4. The Kier molecular flexibility index (Phi) is 5.79. The van der Waals surface area contributed by atoms with Crippen molar-refractivity contribution in [3.8, 4) is 0 Å². The van der Waals surface area contributed by atoms with Crippen molar-refractivity contribution in [3.63, 3.8) is 0 Å². The van der Waals surface area contributed by atoms with E-state index < -0.39 is 0 Å². The summed E-state index contributed by atoms with van der Waals surface area (Å²) < 4.78 is 0. The number of fused-ring (bicyclic) bond motifs is 1. The number of amides is 2. The van der Waals surface area contributed by atoms with Gasteiger partial charge >= 0.3 is 0 Å². The van der Waals surface area contributed by atoms with Crippen molar-refractivity contribution in [1.82, 2.24) is 10.2 Å². The predicted octanol–water partition coefficient (Wildman–Crippen LogP) is 4.45. The lowest BCUT2D eigenvalue weighted by Crippen LogP contribution is -2.39. The summed E-state index contributed by atoms with van der Waals surface area (Å²) in [6.07, 6.45) is 5.76. The van der Waals surface area contributed by atoms with E-state index in [1.807, 2.05) is 55.5 Å². The predicted molar refractivity (Wildman–Crippen MR) is 115 cm³/mol. The number of allylic oxidation sites excluding steroid dienone is 1. The van der Waals surface area contributed by atoms with E-state index in [0.717, 1.165) is 28.9 Å². The normalized spacial score (nSPS) is 16.7. The molecule has 1 N–H and O–H groups in total. The number of nitrogens with one attached hydrogen (secondary N) is 1. The Morgan fingerprint density at radius 3 is 2.45 bits per heavy atom. The molecule has 1 aliphatic carbocycles. The van der Waals surface area contributed by atoms with Crippen LogP contribution in [0.25, 0.3) is 5.57 Å². The first-order valence-electron chi connectivity index (χ1n) is 10.6. The van der Waals surface area contributed by atoms with Gasteiger partial charge in [0, 0.05) is 24.7 Å². The summed E-state index contributed by atoms with van der Waals surface area (Å²) in [5.74, 6) is -0.509. The minimum atomic E-state index is -0.282. The summed E-state index contributed by atoms with van der Waals surface area (Å²) in [6, 6.07) is 18.4. The molecule has 1 aliphatic heterocycles. The fourth-order valence-electron chi connectivity index (χ4n) is 4.60. The third kappa shape index (κ3) is 4.26. The first-order valence-corrected chi connectivity index (χ1v) is 10.6. The minimum Gasteiger partial charge on any atom is -0.367 e. The molecule has 4 nitrogen and oxygen atoms in total. The zero-order valence-electron chi connectivity index (χ0n) is 17.0. The molecule has 0 atom stereocenters. The van der Waals surface area contributed by atoms with Crippen LogP contribution < -0.4 is 5.32 Å². The Morgan fingerprint density at radius 2 is 1.69 bits per heavy atom. The van der Waals surface area contributed by atoms with Crippen molar-refractivity contribution in [1.29, 1.82) is 0 Å². The molecule has 2 amide bonds. The number of imide groups is 1. The lowest BCUT2D eigenvalue weighted by Gasteiger charge is -2.37. The highest BCUT2D eigenvalue weighted by molar-refractivity contribution is 6.24. The maximum atomic E-state index is 13.1. The standard InChI is InChI=1S/C25H28N2O2/c1-18-24(25(29)26-23(28)16-15-19-9-3-2-4-10-19)22-14-8-5-11-20(22)17-27(18)21-12-6-7-13-21/h2-5,8-11,14,21H,6-7,12-13,15-17H2,1H3,(H,26,28,29). The second kappa shape index (κ2) is 8.64. The number of carbonyl (C=O) groups excluding carboxylic acids is 2. The molecule has 1 heterocycles. The van der Waals surface area contributed by atoms with E-state index in [2.05, 4.69) is 16.3 Å². The maximum Gasteiger partial charge on any atom is 0.260 e. The number of hydrogen-bond donors (Lipinski definition) is 1. The molecule has 150 valence electrons. The lowest BCUT2D eigenvalue weighted by molar-refractivity contribution is -0.127. The summed E-state index contributed by atoms with van der Waals surface area (Å²) >= 11 is 0. The van der Waals surface area contributed by atoms with Crippen molar-refractivity contribution in [3.05, 3.63) is 77.0 Å². The van der Waals surface area contributed by atoms with E-state index in [1.54, 1.807) is 0 Å². The second-order valence-electron chi connectivity index (χ2n) is 8.05. The topological polar surface area (TPSA) is 49.4 Å². The number of rotatable bonds is 5. The summed E-state index contributed by atoms with van der Waals surface area (Å²) in [5, 5.41) is 2.64. The summed E-state index contributed by atoms with van der Waals surface area (Å²) in [4.78, 5) is 28.0. The van der Waals surface area contributed by atoms with Crippen LogP contribution in [0.5, 0.6) is 0 Å². The summed E-state index contributed by atoms with van der Waals surface area (Å²) in [6.45, 7) is 2.86. The van der Waals surface area contributed by atoms with Crippen LogP contribution in [0, 0.1) is 0 Å². The van der Waals surface area contributed by atoms with Gasteiger partial charge < -0.3 is 4.90 Å². The average Bonchev–Trinajstić information content (AvgIpc) is 3.27. The Hall–Kier alpha value is -2.88. The zero-order chi connectivity index (χ0) is 20.2. The summed E-state index contributed by atoms with van der Waals surface area (Å²) in [5.41, 5.74) is 4.84. The molecule has 2 aromatic carbocycles. The fourth-order valence-corrected chi connectivity index (χ4v) is 4.60. The van der Waals surface area contributed by atoms with Gasteiger partial charge in [-0.15, -0.1) is 0 Å². The molecule has 2 aliphatic rings. The molecule has 4 rings (SSSR count). The fraction of sp³-hybridized carbons (Fsp3) is 0.360. The van der Waals surface area contributed by atoms with Crippen molar-refractivity contribution < 1.29 is 9.59 Å². The highest BCUT2D eigenvalue weighted by Gasteiger charge is 2.32. The Morgan fingerprint density at radius 1 is 1.00 bits per heavy atom. The largest absolute Gasteiger partial charge is 0.367 e. The van der Waals surface area contributed by atoms with E-state index >= 15 is 0 Å². The van der Waals surface area contributed by atoms with E-state index in [1.165, 1.54) is 25.7 Å². The molecule has 0 unspecified atom stereocenters. The highest BCUT2D eigenvalue weighted by Crippen LogP contribution is 2.36. The van der Waals surface area contributed by atoms with Gasteiger partial charge in [0.1, 0.15) is 0 Å². The first-order chi connectivity index (χ1) is 14.1. The Labute approximate surface area is 172 Å². The van der Waals surface area contributed by atoms with Gasteiger partial charge in [-0.3, -0.25) is 14.9 Å². The molecule has 0 aromatic heterocycles. The molecular weight excluding hydrogens is 360 g/mol. The van der Waals surface area contributed by atoms with Crippen molar-refractivity contribution in [2.45, 2.75) is 58.0 Å². The third-order valence-electron chi connectivity index (χ3n) is 6.15. The number of carbonyl (C=O) groups is 2. The number of benzene rings is 2. The monoisotopic (exact) mass is 388 g/mol. The minimum absolute atomic E-state index is 0.227. The molecule has 0 spiro atoms. The van der Waals surface area contributed by atoms with Gasteiger partial charge in [0.15, 0.2) is 0 Å². The molecule has 0 radical (unpaired) electrons. The van der Waals surface area contributed by atoms with Gasteiger partial charge in [-0.05, 0) is 42.9 Å². The van der Waals surface area contributed by atoms with Gasteiger partial charge in [-0.1, -0.05) is 67.4 Å². The van der Waals surface area contributed by atoms with E-state index in [-0.39, 0.29) is 11.8 Å². The molecule has 29 heavy (non-hydrogen) atoms. The second-order valence-corrected chi connectivity index (χ2v) is 8.05. The van der Waals surface area contributed by atoms with Crippen LogP contribution in [-0.2, 0) is 22.6 Å². The average molecular weight is 389 g/mol. The molecule has 1 fully saturated rings. The molecular formula is C25H28N2O2. The quantitative estimate of drug-likeness (QED) is 0.823. The zero-order valence-corrected chi connectivity index (χ0v) is 17.0. The van der Waals surface area contributed by atoms with Gasteiger partial charge in [0.05, 0.1) is 5.57 Å². The van der Waals surface area contributed by atoms with Crippen LogP contribution in [0.2, 0.25) is 0 Å². The van der Waals surface area contributed by atoms with Crippen LogP contribution in [-0.4, -0.2) is 22.8 Å². The van der Waals surface area contributed by atoms with Crippen LogP contribution in [0.15, 0.2) is 60.3 Å². The Balaban J connectivity index is 1.52. The lowest BCUT2D eigenvalue weighted by atomic mass is 9.91. The number of hydrogen-bond acceptors (Lipinski definition) is 3. The number of nitrogens with zero attached hydrogens (tertiary/aromatic N) is 1. The molecule has 0 bridgehead atoms. The van der Waals surface area contributed by atoms with Crippen molar-refractivity contribution in [2.24, 2.45) is 0 Å². The van der Waals surface area contributed by atoms with Crippen LogP contribution in [0.4, 0.5) is 0 Å². The maximum absolute atomic E-state index is 13.1. The van der Waals surface area contributed by atoms with Gasteiger partial charge in [0.2, 0.25) is 5.91 Å². The van der Waals surface area contributed by atoms with Crippen LogP contribution >= 0.6 is 0 Å².